The number of carboxylic acid groups (broad SMARTS) is 1. The minimum absolute atomic E-state index is 0.0332. The minimum Gasteiger partial charge on any atom is -0.478 e. The van der Waals surface area contributed by atoms with Crippen LogP contribution >= 0.6 is 11.6 Å². The van der Waals surface area contributed by atoms with Gasteiger partial charge in [0.2, 0.25) is 5.91 Å². The molecule has 0 spiro atoms. The van der Waals surface area contributed by atoms with Crippen molar-refractivity contribution in [2.24, 2.45) is 5.73 Å². The Kier molecular flexibility index (Phi) is 4.72. The minimum atomic E-state index is -1.23. The summed E-state index contributed by atoms with van der Waals surface area (Å²) < 4.78 is 0. The van der Waals surface area contributed by atoms with E-state index in [1.54, 1.807) is 0 Å². The molecule has 94 valence electrons. The molecule has 0 saturated heterocycles. The van der Waals surface area contributed by atoms with Gasteiger partial charge in [0.1, 0.15) is 5.56 Å². The maximum atomic E-state index is 11.6. The van der Waals surface area contributed by atoms with Crippen molar-refractivity contribution in [2.45, 2.75) is 12.5 Å². The van der Waals surface area contributed by atoms with E-state index in [1.165, 1.54) is 18.2 Å². The molecule has 1 amide bonds. The van der Waals surface area contributed by atoms with Crippen LogP contribution in [0, 0.1) is 12.3 Å². The van der Waals surface area contributed by atoms with E-state index in [9.17, 15) is 9.59 Å². The molecular formula is C12H11ClN2O3. The second kappa shape index (κ2) is 6.05. The van der Waals surface area contributed by atoms with Crippen LogP contribution in [0.25, 0.3) is 0 Å². The van der Waals surface area contributed by atoms with Gasteiger partial charge in [-0.25, -0.2) is 4.79 Å². The van der Waals surface area contributed by atoms with Crippen molar-refractivity contribution >= 4 is 29.2 Å². The van der Waals surface area contributed by atoms with Crippen molar-refractivity contribution in [3.63, 3.8) is 0 Å². The van der Waals surface area contributed by atoms with Gasteiger partial charge in [-0.3, -0.25) is 4.79 Å². The standard InChI is InChI=1S/C12H11ClN2O3/c1-2-4-8(14)11(16)15-9-6-3-5-7(13)10(9)12(17)18/h1,3,5-6,8H,4,14H2,(H,15,16)(H,17,18). The van der Waals surface area contributed by atoms with Crippen molar-refractivity contribution in [1.29, 1.82) is 0 Å². The van der Waals surface area contributed by atoms with E-state index in [0.29, 0.717) is 0 Å². The first-order valence-electron chi connectivity index (χ1n) is 4.99. The van der Waals surface area contributed by atoms with Gasteiger partial charge in [-0.05, 0) is 12.1 Å². The quantitative estimate of drug-likeness (QED) is 0.717. The number of anilines is 1. The average Bonchev–Trinajstić information content (AvgIpc) is 2.28. The third kappa shape index (κ3) is 3.23. The van der Waals surface area contributed by atoms with Crippen LogP contribution in [-0.4, -0.2) is 23.0 Å². The number of nitrogens with one attached hydrogen (secondary N) is 1. The second-order valence-corrected chi connectivity index (χ2v) is 3.88. The lowest BCUT2D eigenvalue weighted by molar-refractivity contribution is -0.117. The van der Waals surface area contributed by atoms with Gasteiger partial charge in [0.25, 0.3) is 0 Å². The van der Waals surface area contributed by atoms with Gasteiger partial charge in [-0.1, -0.05) is 17.7 Å². The fourth-order valence-electron chi connectivity index (χ4n) is 1.29. The Morgan fingerprint density at radius 3 is 2.78 bits per heavy atom. The summed E-state index contributed by atoms with van der Waals surface area (Å²) in [5.41, 5.74) is 5.41. The molecule has 0 bridgehead atoms. The third-order valence-electron chi connectivity index (χ3n) is 2.16. The van der Waals surface area contributed by atoms with Crippen LogP contribution in [0.1, 0.15) is 16.8 Å². The van der Waals surface area contributed by atoms with E-state index < -0.39 is 17.9 Å². The van der Waals surface area contributed by atoms with E-state index in [1.807, 2.05) is 0 Å². The van der Waals surface area contributed by atoms with E-state index in [-0.39, 0.29) is 22.7 Å². The fraction of sp³-hybridized carbons (Fsp3) is 0.167. The summed E-state index contributed by atoms with van der Waals surface area (Å²) in [5.74, 6) is 0.462. The third-order valence-corrected chi connectivity index (χ3v) is 2.47. The van der Waals surface area contributed by atoms with Crippen LogP contribution in [0.3, 0.4) is 0 Å². The predicted molar refractivity (Wildman–Crippen MR) is 68.5 cm³/mol. The zero-order chi connectivity index (χ0) is 13.7. The molecule has 1 unspecified atom stereocenters. The highest BCUT2D eigenvalue weighted by Crippen LogP contribution is 2.24. The molecule has 0 aliphatic heterocycles. The molecule has 0 fully saturated rings. The van der Waals surface area contributed by atoms with Gasteiger partial charge >= 0.3 is 5.97 Å². The SMILES string of the molecule is C#CCC(N)C(=O)Nc1cccc(Cl)c1C(=O)O. The van der Waals surface area contributed by atoms with Crippen LogP contribution < -0.4 is 11.1 Å². The van der Waals surface area contributed by atoms with Crippen molar-refractivity contribution in [3.8, 4) is 12.3 Å². The highest BCUT2D eigenvalue weighted by atomic mass is 35.5. The first kappa shape index (κ1) is 14.0. The zero-order valence-electron chi connectivity index (χ0n) is 9.31. The van der Waals surface area contributed by atoms with E-state index in [2.05, 4.69) is 11.2 Å². The zero-order valence-corrected chi connectivity index (χ0v) is 10.1. The number of rotatable bonds is 4. The summed E-state index contributed by atoms with van der Waals surface area (Å²) in [6, 6.07) is 3.48. The Morgan fingerprint density at radius 1 is 1.56 bits per heavy atom. The number of terminal acetylenes is 1. The Morgan fingerprint density at radius 2 is 2.22 bits per heavy atom. The summed E-state index contributed by atoms with van der Waals surface area (Å²) in [6.07, 6.45) is 5.10. The van der Waals surface area contributed by atoms with Crippen molar-refractivity contribution in [1.82, 2.24) is 0 Å². The maximum Gasteiger partial charge on any atom is 0.339 e. The van der Waals surface area contributed by atoms with Crippen LogP contribution in [0.4, 0.5) is 5.69 Å². The summed E-state index contributed by atoms with van der Waals surface area (Å²) in [6.45, 7) is 0. The Hall–Kier alpha value is -2.03. The molecule has 0 aromatic heterocycles. The molecule has 0 heterocycles. The molecule has 5 nitrogen and oxygen atoms in total. The normalized spacial score (nSPS) is 11.4. The number of carboxylic acids is 1. The van der Waals surface area contributed by atoms with Gasteiger partial charge in [-0.15, -0.1) is 12.3 Å². The topological polar surface area (TPSA) is 92.4 Å². The molecule has 0 saturated carbocycles. The summed E-state index contributed by atoms with van der Waals surface area (Å²) in [7, 11) is 0. The molecular weight excluding hydrogens is 256 g/mol. The van der Waals surface area contributed by atoms with Gasteiger partial charge < -0.3 is 16.2 Å². The van der Waals surface area contributed by atoms with Crippen LogP contribution in [0.15, 0.2) is 18.2 Å². The molecule has 1 atom stereocenters. The average molecular weight is 267 g/mol. The summed E-state index contributed by atoms with van der Waals surface area (Å²) in [4.78, 5) is 22.6. The van der Waals surface area contributed by atoms with E-state index >= 15 is 0 Å². The molecule has 0 aliphatic carbocycles. The largest absolute Gasteiger partial charge is 0.478 e. The van der Waals surface area contributed by atoms with Crippen molar-refractivity contribution in [2.75, 3.05) is 5.32 Å². The van der Waals surface area contributed by atoms with Crippen LogP contribution in [0.2, 0.25) is 5.02 Å². The number of benzene rings is 1. The lowest BCUT2D eigenvalue weighted by atomic mass is 10.1. The van der Waals surface area contributed by atoms with Crippen LogP contribution in [-0.2, 0) is 4.79 Å². The molecule has 1 rings (SSSR count). The molecule has 1 aromatic rings. The monoisotopic (exact) mass is 266 g/mol. The second-order valence-electron chi connectivity index (χ2n) is 3.47. The Labute approximate surface area is 109 Å². The molecule has 18 heavy (non-hydrogen) atoms. The van der Waals surface area contributed by atoms with E-state index in [0.717, 1.165) is 0 Å². The first-order valence-corrected chi connectivity index (χ1v) is 5.37. The summed E-state index contributed by atoms with van der Waals surface area (Å²) in [5, 5.41) is 11.4. The van der Waals surface area contributed by atoms with Gasteiger partial charge in [0.05, 0.1) is 16.8 Å². The van der Waals surface area contributed by atoms with Crippen LogP contribution in [0.5, 0.6) is 0 Å². The molecule has 1 aromatic carbocycles. The predicted octanol–water partition coefficient (Wildman–Crippen LogP) is 1.33. The Balaban J connectivity index is 2.99. The Bertz CT molecular complexity index is 523. The lowest BCUT2D eigenvalue weighted by Gasteiger charge is -2.12. The van der Waals surface area contributed by atoms with Gasteiger partial charge in [0.15, 0.2) is 0 Å². The molecule has 4 N–H and O–H groups in total. The number of nitrogens with two attached hydrogens (primary N) is 1. The first-order chi connectivity index (χ1) is 8.47. The lowest BCUT2D eigenvalue weighted by Crippen LogP contribution is -2.35. The summed E-state index contributed by atoms with van der Waals surface area (Å²) >= 11 is 5.75. The van der Waals surface area contributed by atoms with Crippen molar-refractivity contribution < 1.29 is 14.7 Å². The molecule has 0 aliphatic rings. The fourth-order valence-corrected chi connectivity index (χ4v) is 1.55. The van der Waals surface area contributed by atoms with Gasteiger partial charge in [-0.2, -0.15) is 0 Å². The molecule has 6 heteroatoms. The number of halogens is 1. The highest BCUT2D eigenvalue weighted by molar-refractivity contribution is 6.34. The number of hydrogen-bond acceptors (Lipinski definition) is 3. The smallest absolute Gasteiger partial charge is 0.339 e. The maximum absolute atomic E-state index is 11.6. The number of hydrogen-bond donors (Lipinski definition) is 3. The number of amides is 1. The number of carbonyl (C=O) groups is 2. The van der Waals surface area contributed by atoms with E-state index in [4.69, 9.17) is 28.9 Å². The molecule has 0 radical (unpaired) electrons. The van der Waals surface area contributed by atoms with Crippen molar-refractivity contribution in [3.05, 3.63) is 28.8 Å². The highest BCUT2D eigenvalue weighted by Gasteiger charge is 2.18. The number of carbonyl (C=O) groups excluding carboxylic acids is 1. The number of aromatic carboxylic acids is 1. The van der Waals surface area contributed by atoms with Gasteiger partial charge in [0, 0.05) is 6.42 Å².